The zero-order valence-electron chi connectivity index (χ0n) is 12.0. The number of nitrogens with two attached hydrogens (primary N) is 1. The quantitative estimate of drug-likeness (QED) is 0.809. The standard InChI is InChI=1S/C14H21FN2O2S/c1-9(17-14(18)12(16)6-7-20-3)11-8-10(15)4-5-13(11)19-2/h4-5,8-9,12H,6-7,16H2,1-3H3,(H,17,18)/t9?,12-/m1/s1. The van der Waals surface area contributed by atoms with Crippen LogP contribution in [-0.4, -0.2) is 31.1 Å². The van der Waals surface area contributed by atoms with Crippen molar-refractivity contribution in [2.75, 3.05) is 19.1 Å². The van der Waals surface area contributed by atoms with Crippen LogP contribution >= 0.6 is 11.8 Å². The van der Waals surface area contributed by atoms with Crippen LogP contribution in [0.5, 0.6) is 5.75 Å². The summed E-state index contributed by atoms with van der Waals surface area (Å²) in [5.74, 6) is 0.759. The summed E-state index contributed by atoms with van der Waals surface area (Å²) in [4.78, 5) is 11.9. The van der Waals surface area contributed by atoms with Gasteiger partial charge in [-0.3, -0.25) is 4.79 Å². The minimum absolute atomic E-state index is 0.238. The van der Waals surface area contributed by atoms with Crippen molar-refractivity contribution < 1.29 is 13.9 Å². The van der Waals surface area contributed by atoms with Crippen molar-refractivity contribution in [3.05, 3.63) is 29.6 Å². The Balaban J connectivity index is 2.73. The van der Waals surface area contributed by atoms with E-state index in [1.54, 1.807) is 24.8 Å². The first-order valence-corrected chi connectivity index (χ1v) is 7.77. The lowest BCUT2D eigenvalue weighted by molar-refractivity contribution is -0.123. The summed E-state index contributed by atoms with van der Waals surface area (Å²) in [7, 11) is 1.51. The van der Waals surface area contributed by atoms with Crippen molar-refractivity contribution in [3.63, 3.8) is 0 Å². The topological polar surface area (TPSA) is 64.3 Å². The molecule has 1 aromatic carbocycles. The normalized spacial score (nSPS) is 13.7. The second-order valence-electron chi connectivity index (χ2n) is 4.50. The van der Waals surface area contributed by atoms with Gasteiger partial charge in [-0.15, -0.1) is 0 Å². The molecule has 0 aliphatic rings. The van der Waals surface area contributed by atoms with Crippen molar-refractivity contribution in [2.24, 2.45) is 5.73 Å². The molecule has 0 aliphatic carbocycles. The second kappa shape index (κ2) is 8.11. The highest BCUT2D eigenvalue weighted by atomic mass is 32.2. The van der Waals surface area contributed by atoms with Crippen LogP contribution in [0, 0.1) is 5.82 Å². The predicted molar refractivity (Wildman–Crippen MR) is 80.5 cm³/mol. The van der Waals surface area contributed by atoms with Gasteiger partial charge in [0.05, 0.1) is 19.2 Å². The first-order chi connectivity index (χ1) is 9.49. The van der Waals surface area contributed by atoms with E-state index >= 15 is 0 Å². The number of carbonyl (C=O) groups excluding carboxylic acids is 1. The zero-order valence-corrected chi connectivity index (χ0v) is 12.8. The van der Waals surface area contributed by atoms with Gasteiger partial charge in [0.1, 0.15) is 11.6 Å². The fourth-order valence-electron chi connectivity index (χ4n) is 1.82. The van der Waals surface area contributed by atoms with E-state index in [4.69, 9.17) is 10.5 Å². The van der Waals surface area contributed by atoms with E-state index in [-0.39, 0.29) is 17.8 Å². The molecule has 1 unspecified atom stereocenters. The van der Waals surface area contributed by atoms with Crippen LogP contribution in [0.4, 0.5) is 4.39 Å². The minimum atomic E-state index is -0.551. The molecule has 0 aromatic heterocycles. The maximum Gasteiger partial charge on any atom is 0.237 e. The summed E-state index contributed by atoms with van der Waals surface area (Å²) in [6, 6.07) is 3.30. The lowest BCUT2D eigenvalue weighted by Crippen LogP contribution is -2.42. The van der Waals surface area contributed by atoms with Gasteiger partial charge in [-0.1, -0.05) is 0 Å². The number of methoxy groups -OCH3 is 1. The number of thioether (sulfide) groups is 1. The summed E-state index contributed by atoms with van der Waals surface area (Å²) >= 11 is 1.64. The fraction of sp³-hybridized carbons (Fsp3) is 0.500. The van der Waals surface area contributed by atoms with Crippen LogP contribution < -0.4 is 15.8 Å². The van der Waals surface area contributed by atoms with Gasteiger partial charge in [-0.25, -0.2) is 4.39 Å². The van der Waals surface area contributed by atoms with E-state index in [0.717, 1.165) is 5.75 Å². The molecule has 0 bridgehead atoms. The Morgan fingerprint density at radius 2 is 2.25 bits per heavy atom. The monoisotopic (exact) mass is 300 g/mol. The smallest absolute Gasteiger partial charge is 0.237 e. The third kappa shape index (κ3) is 4.68. The Kier molecular flexibility index (Phi) is 6.81. The minimum Gasteiger partial charge on any atom is -0.496 e. The van der Waals surface area contributed by atoms with Crippen molar-refractivity contribution >= 4 is 17.7 Å². The molecule has 112 valence electrons. The molecule has 0 saturated heterocycles. The van der Waals surface area contributed by atoms with Crippen LogP contribution in [0.1, 0.15) is 24.9 Å². The van der Waals surface area contributed by atoms with Gasteiger partial charge in [0.2, 0.25) is 5.91 Å². The highest BCUT2D eigenvalue weighted by Gasteiger charge is 2.18. The van der Waals surface area contributed by atoms with Gasteiger partial charge in [-0.2, -0.15) is 11.8 Å². The molecule has 3 N–H and O–H groups in total. The highest BCUT2D eigenvalue weighted by Crippen LogP contribution is 2.25. The van der Waals surface area contributed by atoms with Crippen LogP contribution in [0.2, 0.25) is 0 Å². The van der Waals surface area contributed by atoms with E-state index in [9.17, 15) is 9.18 Å². The van der Waals surface area contributed by atoms with Crippen molar-refractivity contribution in [1.82, 2.24) is 5.32 Å². The average Bonchev–Trinajstić information content (AvgIpc) is 2.44. The van der Waals surface area contributed by atoms with Crippen molar-refractivity contribution in [1.29, 1.82) is 0 Å². The number of hydrogen-bond acceptors (Lipinski definition) is 4. The van der Waals surface area contributed by atoms with Gasteiger partial charge in [0.25, 0.3) is 0 Å². The molecule has 20 heavy (non-hydrogen) atoms. The number of rotatable bonds is 7. The molecule has 1 amide bonds. The number of carbonyl (C=O) groups is 1. The Morgan fingerprint density at radius 3 is 2.85 bits per heavy atom. The third-order valence-electron chi connectivity index (χ3n) is 2.99. The summed E-state index contributed by atoms with van der Waals surface area (Å²) in [6.07, 6.45) is 2.57. The van der Waals surface area contributed by atoms with Crippen LogP contribution in [-0.2, 0) is 4.79 Å². The predicted octanol–water partition coefficient (Wildman–Crippen LogP) is 2.09. The Morgan fingerprint density at radius 1 is 1.55 bits per heavy atom. The van der Waals surface area contributed by atoms with E-state index in [1.165, 1.54) is 19.2 Å². The lowest BCUT2D eigenvalue weighted by Gasteiger charge is -2.19. The van der Waals surface area contributed by atoms with Crippen LogP contribution in [0.25, 0.3) is 0 Å². The maximum absolute atomic E-state index is 13.3. The van der Waals surface area contributed by atoms with E-state index in [2.05, 4.69) is 5.32 Å². The van der Waals surface area contributed by atoms with Gasteiger partial charge in [0, 0.05) is 5.56 Å². The Bertz CT molecular complexity index is 457. The molecule has 2 atom stereocenters. The zero-order chi connectivity index (χ0) is 15.1. The fourth-order valence-corrected chi connectivity index (χ4v) is 2.31. The van der Waals surface area contributed by atoms with Gasteiger partial charge < -0.3 is 15.8 Å². The van der Waals surface area contributed by atoms with E-state index < -0.39 is 6.04 Å². The summed E-state index contributed by atoms with van der Waals surface area (Å²) in [6.45, 7) is 1.77. The summed E-state index contributed by atoms with van der Waals surface area (Å²) in [5, 5.41) is 2.79. The number of hydrogen-bond donors (Lipinski definition) is 2. The molecular formula is C14H21FN2O2S. The lowest BCUT2D eigenvalue weighted by atomic mass is 10.1. The first kappa shape index (κ1) is 16.8. The molecule has 1 aromatic rings. The molecule has 6 heteroatoms. The summed E-state index contributed by atoms with van der Waals surface area (Å²) < 4.78 is 18.5. The Labute approximate surface area is 123 Å². The Hall–Kier alpha value is -1.27. The molecule has 0 aliphatic heterocycles. The number of halogens is 1. The SMILES string of the molecule is COc1ccc(F)cc1C(C)NC(=O)[C@H](N)CCSC. The number of amides is 1. The highest BCUT2D eigenvalue weighted by molar-refractivity contribution is 7.98. The van der Waals surface area contributed by atoms with E-state index in [0.29, 0.717) is 17.7 Å². The van der Waals surface area contributed by atoms with Crippen molar-refractivity contribution in [3.8, 4) is 5.75 Å². The molecule has 4 nitrogen and oxygen atoms in total. The molecule has 0 fully saturated rings. The number of nitrogens with one attached hydrogen (secondary N) is 1. The van der Waals surface area contributed by atoms with Crippen LogP contribution in [0.15, 0.2) is 18.2 Å². The van der Waals surface area contributed by atoms with Crippen LogP contribution in [0.3, 0.4) is 0 Å². The maximum atomic E-state index is 13.3. The van der Waals surface area contributed by atoms with Crippen molar-refractivity contribution in [2.45, 2.75) is 25.4 Å². The molecule has 0 heterocycles. The summed E-state index contributed by atoms with van der Waals surface area (Å²) in [5.41, 5.74) is 6.39. The second-order valence-corrected chi connectivity index (χ2v) is 5.49. The molecule has 1 rings (SSSR count). The molecular weight excluding hydrogens is 279 g/mol. The van der Waals surface area contributed by atoms with Gasteiger partial charge in [-0.05, 0) is 43.6 Å². The van der Waals surface area contributed by atoms with Gasteiger partial charge >= 0.3 is 0 Å². The molecule has 0 radical (unpaired) electrons. The number of ether oxygens (including phenoxy) is 1. The third-order valence-corrected chi connectivity index (χ3v) is 3.63. The first-order valence-electron chi connectivity index (χ1n) is 6.38. The van der Waals surface area contributed by atoms with E-state index in [1.807, 2.05) is 6.26 Å². The number of benzene rings is 1. The molecule has 0 spiro atoms. The average molecular weight is 300 g/mol. The van der Waals surface area contributed by atoms with Gasteiger partial charge in [0.15, 0.2) is 0 Å². The molecule has 0 saturated carbocycles. The largest absolute Gasteiger partial charge is 0.496 e.